The fourth-order valence-corrected chi connectivity index (χ4v) is 4.88. The van der Waals surface area contributed by atoms with Gasteiger partial charge >= 0.3 is 0 Å². The molecule has 1 aromatic heterocycles. The number of halogens is 1. The van der Waals surface area contributed by atoms with E-state index < -0.39 is 5.91 Å². The van der Waals surface area contributed by atoms with Crippen LogP contribution >= 0.6 is 11.8 Å². The lowest BCUT2D eigenvalue weighted by molar-refractivity contribution is -0.114. The number of aliphatic imine (C=N–C) groups is 1. The summed E-state index contributed by atoms with van der Waals surface area (Å²) in [4.78, 5) is 18.7. The SMILES string of the molecule is Cc1cc(C=C2C(=N)N3C(c4ccccc4)=CSC3=NC2=O)c(C)n1-c1ccc(F)cc1. The lowest BCUT2D eigenvalue weighted by Crippen LogP contribution is -2.38. The Kier molecular flexibility index (Phi) is 4.90. The summed E-state index contributed by atoms with van der Waals surface area (Å²) in [5.74, 6) is -0.617. The zero-order valence-corrected chi connectivity index (χ0v) is 18.3. The molecule has 0 bridgehead atoms. The summed E-state index contributed by atoms with van der Waals surface area (Å²) in [6, 6.07) is 18.0. The van der Waals surface area contributed by atoms with Crippen LogP contribution in [0, 0.1) is 25.1 Å². The second kappa shape index (κ2) is 7.76. The topological polar surface area (TPSA) is 61.5 Å². The Labute approximate surface area is 189 Å². The highest BCUT2D eigenvalue weighted by atomic mass is 32.2. The maximum Gasteiger partial charge on any atom is 0.283 e. The Morgan fingerprint density at radius 3 is 2.50 bits per heavy atom. The van der Waals surface area contributed by atoms with E-state index in [9.17, 15) is 9.18 Å². The summed E-state index contributed by atoms with van der Waals surface area (Å²) in [5, 5.41) is 11.2. The minimum Gasteiger partial charge on any atom is -0.318 e. The van der Waals surface area contributed by atoms with E-state index >= 15 is 0 Å². The van der Waals surface area contributed by atoms with Crippen LogP contribution in [0.2, 0.25) is 0 Å². The molecule has 5 rings (SSSR count). The molecule has 0 aliphatic carbocycles. The van der Waals surface area contributed by atoms with Gasteiger partial charge in [0.2, 0.25) is 0 Å². The molecule has 0 spiro atoms. The summed E-state index contributed by atoms with van der Waals surface area (Å²) < 4.78 is 15.4. The molecular formula is C25H19FN4OS. The fourth-order valence-electron chi connectivity index (χ4n) is 3.99. The molecule has 0 radical (unpaired) electrons. The fraction of sp³-hybridized carbons (Fsp3) is 0.0800. The Morgan fingerprint density at radius 2 is 1.78 bits per heavy atom. The van der Waals surface area contributed by atoms with Gasteiger partial charge in [-0.1, -0.05) is 42.1 Å². The van der Waals surface area contributed by atoms with Gasteiger partial charge in [-0.3, -0.25) is 15.1 Å². The average Bonchev–Trinajstić information content (AvgIpc) is 3.33. The monoisotopic (exact) mass is 442 g/mol. The van der Waals surface area contributed by atoms with Crippen molar-refractivity contribution in [1.82, 2.24) is 9.47 Å². The van der Waals surface area contributed by atoms with Crippen LogP contribution in [0.4, 0.5) is 4.39 Å². The van der Waals surface area contributed by atoms with E-state index in [1.54, 1.807) is 23.1 Å². The quantitative estimate of drug-likeness (QED) is 0.542. The Hall–Kier alpha value is -3.71. The van der Waals surface area contributed by atoms with E-state index in [4.69, 9.17) is 5.41 Å². The summed E-state index contributed by atoms with van der Waals surface area (Å²) in [6.07, 6.45) is 1.72. The van der Waals surface area contributed by atoms with Crippen molar-refractivity contribution in [2.24, 2.45) is 4.99 Å². The molecule has 3 aromatic rings. The van der Waals surface area contributed by atoms with Crippen molar-refractivity contribution in [1.29, 1.82) is 5.41 Å². The summed E-state index contributed by atoms with van der Waals surface area (Å²) in [6.45, 7) is 3.89. The molecule has 2 aliphatic heterocycles. The number of amidine groups is 2. The van der Waals surface area contributed by atoms with Crippen LogP contribution in [0.3, 0.4) is 0 Å². The summed E-state index contributed by atoms with van der Waals surface area (Å²) >= 11 is 1.34. The highest BCUT2D eigenvalue weighted by Gasteiger charge is 2.36. The first-order chi connectivity index (χ1) is 15.4. The molecular weight excluding hydrogens is 423 g/mol. The zero-order chi connectivity index (χ0) is 22.4. The molecule has 7 heteroatoms. The van der Waals surface area contributed by atoms with Gasteiger partial charge in [-0.2, -0.15) is 4.99 Å². The number of amides is 1. The first-order valence-electron chi connectivity index (χ1n) is 10.0. The predicted molar refractivity (Wildman–Crippen MR) is 127 cm³/mol. The molecule has 5 nitrogen and oxygen atoms in total. The maximum absolute atomic E-state index is 13.4. The second-order valence-electron chi connectivity index (χ2n) is 7.57. The number of aromatic nitrogens is 1. The Morgan fingerprint density at radius 1 is 1.06 bits per heavy atom. The van der Waals surface area contributed by atoms with Crippen molar-refractivity contribution in [3.8, 4) is 5.69 Å². The number of carbonyl (C=O) groups is 1. The summed E-state index contributed by atoms with van der Waals surface area (Å²) in [7, 11) is 0. The summed E-state index contributed by atoms with van der Waals surface area (Å²) in [5.41, 5.74) is 5.51. The third-order valence-electron chi connectivity index (χ3n) is 5.54. The molecule has 0 atom stereocenters. The van der Waals surface area contributed by atoms with E-state index in [1.165, 1.54) is 23.9 Å². The van der Waals surface area contributed by atoms with E-state index in [2.05, 4.69) is 4.99 Å². The van der Waals surface area contributed by atoms with Gasteiger partial charge in [-0.05, 0) is 61.4 Å². The van der Waals surface area contributed by atoms with Gasteiger partial charge in [0.25, 0.3) is 5.91 Å². The predicted octanol–water partition coefficient (Wildman–Crippen LogP) is 5.54. The molecule has 2 aromatic carbocycles. The van der Waals surface area contributed by atoms with Crippen molar-refractivity contribution in [3.63, 3.8) is 0 Å². The van der Waals surface area contributed by atoms with Gasteiger partial charge in [0, 0.05) is 22.5 Å². The first kappa shape index (κ1) is 20.2. The van der Waals surface area contributed by atoms with Crippen molar-refractivity contribution in [2.45, 2.75) is 13.8 Å². The van der Waals surface area contributed by atoms with Crippen LogP contribution < -0.4 is 0 Å². The number of benzene rings is 2. The van der Waals surface area contributed by atoms with Crippen LogP contribution in [0.15, 0.2) is 76.6 Å². The minimum absolute atomic E-state index is 0.103. The number of hydrogen-bond donors (Lipinski definition) is 1. The van der Waals surface area contributed by atoms with E-state index in [-0.39, 0.29) is 17.2 Å². The van der Waals surface area contributed by atoms with Crippen LogP contribution in [0.25, 0.3) is 17.5 Å². The number of aryl methyl sites for hydroxylation is 1. The normalized spacial score (nSPS) is 17.0. The third-order valence-corrected chi connectivity index (χ3v) is 6.36. The van der Waals surface area contributed by atoms with Crippen LogP contribution in [0.1, 0.15) is 22.5 Å². The molecule has 0 fully saturated rings. The van der Waals surface area contributed by atoms with Gasteiger partial charge in [0.05, 0.1) is 11.3 Å². The van der Waals surface area contributed by atoms with Crippen LogP contribution in [-0.2, 0) is 4.79 Å². The van der Waals surface area contributed by atoms with Crippen LogP contribution in [-0.4, -0.2) is 26.4 Å². The lowest BCUT2D eigenvalue weighted by atomic mass is 10.1. The van der Waals surface area contributed by atoms with Crippen molar-refractivity contribution in [3.05, 3.63) is 100.0 Å². The van der Waals surface area contributed by atoms with Gasteiger partial charge in [0.15, 0.2) is 5.17 Å². The van der Waals surface area contributed by atoms with Crippen LogP contribution in [0.5, 0.6) is 0 Å². The molecule has 2 aliphatic rings. The molecule has 0 saturated heterocycles. The number of nitrogens with one attached hydrogen (secondary N) is 1. The van der Waals surface area contributed by atoms with Crippen molar-refractivity contribution < 1.29 is 9.18 Å². The van der Waals surface area contributed by atoms with E-state index in [1.807, 2.05) is 60.2 Å². The lowest BCUT2D eigenvalue weighted by Gasteiger charge is -2.26. The van der Waals surface area contributed by atoms with Gasteiger partial charge < -0.3 is 4.57 Å². The number of thioether (sulfide) groups is 1. The molecule has 158 valence electrons. The zero-order valence-electron chi connectivity index (χ0n) is 17.5. The number of carbonyl (C=O) groups excluding carboxylic acids is 1. The maximum atomic E-state index is 13.4. The molecule has 1 N–H and O–H groups in total. The number of nitrogens with zero attached hydrogens (tertiary/aromatic N) is 3. The standard InChI is InChI=1S/C25H19FN4OS/c1-15-12-18(16(2)29(15)20-10-8-19(26)9-11-20)13-21-23(27)30-22(17-6-4-3-5-7-17)14-32-25(30)28-24(21)31/h3-14,27H,1-2H3. The number of hydrogen-bond acceptors (Lipinski definition) is 3. The van der Waals surface area contributed by atoms with E-state index in [0.717, 1.165) is 33.9 Å². The molecule has 32 heavy (non-hydrogen) atoms. The third kappa shape index (κ3) is 3.31. The van der Waals surface area contributed by atoms with Crippen molar-refractivity contribution >= 4 is 40.4 Å². The Bertz CT molecular complexity index is 1350. The first-order valence-corrected chi connectivity index (χ1v) is 10.9. The molecule has 1 amide bonds. The van der Waals surface area contributed by atoms with E-state index in [0.29, 0.717) is 5.17 Å². The average molecular weight is 443 g/mol. The van der Waals surface area contributed by atoms with Gasteiger partial charge in [0.1, 0.15) is 11.7 Å². The van der Waals surface area contributed by atoms with Gasteiger partial charge in [-0.25, -0.2) is 4.39 Å². The molecule has 0 saturated carbocycles. The molecule has 0 unspecified atom stereocenters. The van der Waals surface area contributed by atoms with Gasteiger partial charge in [-0.15, -0.1) is 0 Å². The minimum atomic E-state index is -0.428. The van der Waals surface area contributed by atoms with Crippen molar-refractivity contribution in [2.75, 3.05) is 0 Å². The second-order valence-corrected chi connectivity index (χ2v) is 8.40. The Balaban J connectivity index is 1.55. The largest absolute Gasteiger partial charge is 0.318 e. The highest BCUT2D eigenvalue weighted by molar-refractivity contribution is 8.17. The molecule has 3 heterocycles. The number of rotatable bonds is 3. The highest BCUT2D eigenvalue weighted by Crippen LogP contribution is 2.37. The smallest absolute Gasteiger partial charge is 0.283 e. The number of fused-ring (bicyclic) bond motifs is 1.